The molecule has 29 heavy (non-hydrogen) atoms. The van der Waals surface area contributed by atoms with Gasteiger partial charge in [-0.15, -0.1) is 0 Å². The van der Waals surface area contributed by atoms with Gasteiger partial charge in [-0.2, -0.15) is 4.98 Å². The summed E-state index contributed by atoms with van der Waals surface area (Å²) in [5.74, 6) is -0.868. The number of hydrogen-bond donors (Lipinski definition) is 1. The zero-order valence-electron chi connectivity index (χ0n) is 16.0. The van der Waals surface area contributed by atoms with Gasteiger partial charge < -0.3 is 14.6 Å². The van der Waals surface area contributed by atoms with Crippen molar-refractivity contribution >= 4 is 17.6 Å². The number of nitrogens with zero attached hydrogens (tertiary/aromatic N) is 2. The van der Waals surface area contributed by atoms with Crippen LogP contribution < -0.4 is 5.32 Å². The van der Waals surface area contributed by atoms with Gasteiger partial charge in [0, 0.05) is 17.7 Å². The van der Waals surface area contributed by atoms with Gasteiger partial charge in [0.25, 0.3) is 5.91 Å². The van der Waals surface area contributed by atoms with E-state index in [1.165, 1.54) is 31.2 Å². The second-order valence-corrected chi connectivity index (χ2v) is 6.51. The summed E-state index contributed by atoms with van der Waals surface area (Å²) in [6, 6.07) is 13.1. The predicted octanol–water partition coefficient (Wildman–Crippen LogP) is 3.69. The van der Waals surface area contributed by atoms with Crippen LogP contribution in [0.3, 0.4) is 0 Å². The minimum absolute atomic E-state index is 0.0207. The van der Waals surface area contributed by atoms with Gasteiger partial charge in [-0.25, -0.2) is 4.39 Å². The third-order valence-electron chi connectivity index (χ3n) is 4.09. The van der Waals surface area contributed by atoms with Crippen LogP contribution in [0.15, 0.2) is 53.1 Å². The van der Waals surface area contributed by atoms with Gasteiger partial charge in [-0.1, -0.05) is 41.1 Å². The van der Waals surface area contributed by atoms with Gasteiger partial charge in [0.05, 0.1) is 6.42 Å². The Kier molecular flexibility index (Phi) is 6.33. The second-order valence-electron chi connectivity index (χ2n) is 6.51. The van der Waals surface area contributed by atoms with Gasteiger partial charge in [-0.3, -0.25) is 9.59 Å². The first-order valence-corrected chi connectivity index (χ1v) is 9.06. The number of amides is 1. The number of halogens is 1. The summed E-state index contributed by atoms with van der Waals surface area (Å²) in [7, 11) is 0. The summed E-state index contributed by atoms with van der Waals surface area (Å²) in [6.45, 7) is 3.42. The molecule has 2 aromatic carbocycles. The Morgan fingerprint density at radius 2 is 1.97 bits per heavy atom. The average Bonchev–Trinajstić information content (AvgIpc) is 3.16. The molecule has 1 aromatic heterocycles. The van der Waals surface area contributed by atoms with E-state index in [2.05, 4.69) is 15.5 Å². The lowest BCUT2D eigenvalue weighted by Gasteiger charge is -2.13. The van der Waals surface area contributed by atoms with Crippen LogP contribution in [0.2, 0.25) is 0 Å². The molecule has 0 radical (unpaired) electrons. The largest absolute Gasteiger partial charge is 0.453 e. The lowest BCUT2D eigenvalue weighted by atomic mass is 10.1. The lowest BCUT2D eigenvalue weighted by molar-refractivity contribution is -0.153. The van der Waals surface area contributed by atoms with Gasteiger partial charge in [0.1, 0.15) is 5.82 Å². The number of carbonyl (C=O) groups is 2. The maximum atomic E-state index is 13.2. The maximum absolute atomic E-state index is 13.2. The zero-order chi connectivity index (χ0) is 20.8. The monoisotopic (exact) mass is 397 g/mol. The molecule has 7 nitrogen and oxygen atoms in total. The Morgan fingerprint density at radius 1 is 1.21 bits per heavy atom. The van der Waals surface area contributed by atoms with E-state index in [9.17, 15) is 14.0 Å². The van der Waals surface area contributed by atoms with Gasteiger partial charge in [-0.05, 0) is 32.0 Å². The molecule has 0 aliphatic heterocycles. The van der Waals surface area contributed by atoms with Crippen molar-refractivity contribution in [2.45, 2.75) is 32.8 Å². The van der Waals surface area contributed by atoms with Crippen molar-refractivity contribution in [2.75, 3.05) is 5.32 Å². The summed E-state index contributed by atoms with van der Waals surface area (Å²) in [5, 5.41) is 6.39. The molecule has 0 aliphatic rings. The van der Waals surface area contributed by atoms with E-state index in [1.807, 2.05) is 31.2 Å². The zero-order valence-corrected chi connectivity index (χ0v) is 16.0. The number of anilines is 1. The number of aryl methyl sites for hydroxylation is 2. The molecule has 0 bridgehead atoms. The molecule has 1 amide bonds. The fourth-order valence-corrected chi connectivity index (χ4v) is 2.51. The summed E-state index contributed by atoms with van der Waals surface area (Å²) in [5.41, 5.74) is 2.22. The van der Waals surface area contributed by atoms with E-state index in [0.29, 0.717) is 11.7 Å². The number of benzene rings is 2. The first-order valence-electron chi connectivity index (χ1n) is 9.06. The van der Waals surface area contributed by atoms with Gasteiger partial charge in [0.2, 0.25) is 11.7 Å². The number of hydrogen-bond acceptors (Lipinski definition) is 6. The standard InChI is InChI=1S/C21H20FN3O4/c1-13-6-8-15(9-7-13)20-24-18(29-25-20)10-11-19(26)28-14(2)21(27)23-17-5-3-4-16(22)12-17/h3-9,12,14H,10-11H2,1-2H3,(H,23,27). The van der Waals surface area contributed by atoms with E-state index in [-0.39, 0.29) is 18.5 Å². The molecule has 8 heteroatoms. The average molecular weight is 397 g/mol. The van der Waals surface area contributed by atoms with Gasteiger partial charge >= 0.3 is 5.97 Å². The molecule has 0 spiro atoms. The molecule has 3 rings (SSSR count). The molecule has 0 fully saturated rings. The van der Waals surface area contributed by atoms with Crippen molar-refractivity contribution < 1.29 is 23.2 Å². The Bertz CT molecular complexity index is 1000. The first kappa shape index (κ1) is 20.2. The van der Waals surface area contributed by atoms with Crippen LogP contribution in [0.1, 0.15) is 24.8 Å². The summed E-state index contributed by atoms with van der Waals surface area (Å²) >= 11 is 0. The number of ether oxygens (including phenoxy) is 1. The molecule has 1 atom stereocenters. The van der Waals surface area contributed by atoms with Crippen LogP contribution in [0.5, 0.6) is 0 Å². The van der Waals surface area contributed by atoms with Gasteiger partial charge in [0.15, 0.2) is 6.10 Å². The highest BCUT2D eigenvalue weighted by Gasteiger charge is 2.19. The molecule has 0 saturated heterocycles. The van der Waals surface area contributed by atoms with Crippen LogP contribution in [0.25, 0.3) is 11.4 Å². The molecule has 3 aromatic rings. The number of carbonyl (C=O) groups excluding carboxylic acids is 2. The van der Waals surface area contributed by atoms with Crippen molar-refractivity contribution in [1.29, 1.82) is 0 Å². The Labute approximate surface area is 166 Å². The highest BCUT2D eigenvalue weighted by atomic mass is 19.1. The van der Waals surface area contributed by atoms with Crippen molar-refractivity contribution in [2.24, 2.45) is 0 Å². The quantitative estimate of drug-likeness (QED) is 0.611. The van der Waals surface area contributed by atoms with E-state index in [0.717, 1.165) is 11.1 Å². The Morgan fingerprint density at radius 3 is 2.69 bits per heavy atom. The van der Waals surface area contributed by atoms with Crippen LogP contribution in [0.4, 0.5) is 10.1 Å². The van der Waals surface area contributed by atoms with Crippen molar-refractivity contribution in [1.82, 2.24) is 10.1 Å². The third kappa shape index (κ3) is 5.71. The predicted molar refractivity (Wildman–Crippen MR) is 103 cm³/mol. The third-order valence-corrected chi connectivity index (χ3v) is 4.09. The number of aromatic nitrogens is 2. The summed E-state index contributed by atoms with van der Waals surface area (Å²) in [6.07, 6.45) is -0.861. The Hall–Kier alpha value is -3.55. The highest BCUT2D eigenvalue weighted by molar-refractivity contribution is 5.95. The molecule has 1 N–H and O–H groups in total. The van der Waals surface area contributed by atoms with Crippen molar-refractivity contribution in [3.8, 4) is 11.4 Å². The topological polar surface area (TPSA) is 94.3 Å². The number of esters is 1. The normalized spacial score (nSPS) is 11.7. The minimum Gasteiger partial charge on any atom is -0.453 e. The Balaban J connectivity index is 1.48. The van der Waals surface area contributed by atoms with E-state index >= 15 is 0 Å². The fourth-order valence-electron chi connectivity index (χ4n) is 2.51. The SMILES string of the molecule is Cc1ccc(-c2noc(CCC(=O)OC(C)C(=O)Nc3cccc(F)c3)n2)cc1. The molecule has 150 valence electrons. The summed E-state index contributed by atoms with van der Waals surface area (Å²) < 4.78 is 23.4. The minimum atomic E-state index is -1.03. The molecule has 0 aliphatic carbocycles. The van der Waals surface area contributed by atoms with E-state index in [1.54, 1.807) is 0 Å². The smallest absolute Gasteiger partial charge is 0.307 e. The maximum Gasteiger partial charge on any atom is 0.307 e. The lowest BCUT2D eigenvalue weighted by Crippen LogP contribution is -2.30. The van der Waals surface area contributed by atoms with Crippen LogP contribution in [0, 0.1) is 12.7 Å². The van der Waals surface area contributed by atoms with Crippen LogP contribution in [-0.2, 0) is 20.7 Å². The van der Waals surface area contributed by atoms with E-state index < -0.39 is 23.8 Å². The molecule has 1 unspecified atom stereocenters. The second kappa shape index (κ2) is 9.09. The number of nitrogens with one attached hydrogen (secondary N) is 1. The number of rotatable bonds is 7. The van der Waals surface area contributed by atoms with E-state index in [4.69, 9.17) is 9.26 Å². The van der Waals surface area contributed by atoms with Crippen LogP contribution >= 0.6 is 0 Å². The first-order chi connectivity index (χ1) is 13.9. The van der Waals surface area contributed by atoms with Crippen LogP contribution in [-0.4, -0.2) is 28.1 Å². The van der Waals surface area contributed by atoms with Crippen molar-refractivity contribution in [3.05, 3.63) is 65.8 Å². The molecular formula is C21H20FN3O4. The molecular weight excluding hydrogens is 377 g/mol. The summed E-state index contributed by atoms with van der Waals surface area (Å²) in [4.78, 5) is 28.3. The molecule has 1 heterocycles. The molecule has 0 saturated carbocycles. The fraction of sp³-hybridized carbons (Fsp3) is 0.238. The highest BCUT2D eigenvalue weighted by Crippen LogP contribution is 2.17. The van der Waals surface area contributed by atoms with Crippen molar-refractivity contribution in [3.63, 3.8) is 0 Å².